The number of amides is 1. The molecule has 4 nitrogen and oxygen atoms in total. The zero-order chi connectivity index (χ0) is 15.6. The first-order valence-electron chi connectivity index (χ1n) is 7.81. The van der Waals surface area contributed by atoms with Gasteiger partial charge in [0.15, 0.2) is 0 Å². The van der Waals surface area contributed by atoms with Gasteiger partial charge in [0.1, 0.15) is 0 Å². The van der Waals surface area contributed by atoms with Crippen molar-refractivity contribution in [1.29, 1.82) is 0 Å². The van der Waals surface area contributed by atoms with Gasteiger partial charge in [0, 0.05) is 23.4 Å². The largest absolute Gasteiger partial charge is 0.349 e. The number of aromatic nitrogens is 2. The van der Waals surface area contributed by atoms with E-state index < -0.39 is 0 Å². The first-order valence-corrected chi connectivity index (χ1v) is 7.81. The van der Waals surface area contributed by atoms with E-state index in [4.69, 9.17) is 0 Å². The highest BCUT2D eigenvalue weighted by Crippen LogP contribution is 2.26. The summed E-state index contributed by atoms with van der Waals surface area (Å²) in [6.07, 6.45) is 3.93. The zero-order valence-corrected chi connectivity index (χ0v) is 12.6. The van der Waals surface area contributed by atoms with Crippen LogP contribution in [0, 0.1) is 0 Å². The molecule has 1 aromatic heterocycles. The maximum Gasteiger partial charge on any atom is 0.251 e. The summed E-state index contributed by atoms with van der Waals surface area (Å²) in [6, 6.07) is 18.3. The average Bonchev–Trinajstić information content (AvgIpc) is 3.24. The molecule has 0 spiro atoms. The van der Waals surface area contributed by atoms with Gasteiger partial charge in [0.2, 0.25) is 0 Å². The van der Waals surface area contributed by atoms with Crippen molar-refractivity contribution in [2.45, 2.75) is 18.9 Å². The molecule has 1 aliphatic rings. The molecule has 0 saturated heterocycles. The number of nitrogens with zero attached hydrogens (tertiary/aromatic N) is 1. The van der Waals surface area contributed by atoms with E-state index in [0.29, 0.717) is 11.6 Å². The van der Waals surface area contributed by atoms with Gasteiger partial charge in [-0.3, -0.25) is 9.89 Å². The molecule has 1 heterocycles. The van der Waals surface area contributed by atoms with E-state index in [1.165, 1.54) is 0 Å². The standard InChI is InChI=1S/C19H17N3O/c23-19(21-17-7-8-17)16-6-2-4-14(12-16)13-3-1-5-15(11-13)18-9-10-20-22-18/h1-6,9-12,17H,7-8H2,(H,20,22)(H,21,23). The lowest BCUT2D eigenvalue weighted by molar-refractivity contribution is 0.0951. The number of hydrogen-bond donors (Lipinski definition) is 2. The third-order valence-electron chi connectivity index (χ3n) is 4.04. The van der Waals surface area contributed by atoms with Crippen LogP contribution in [0.2, 0.25) is 0 Å². The topological polar surface area (TPSA) is 57.8 Å². The molecule has 4 rings (SSSR count). The lowest BCUT2D eigenvalue weighted by Crippen LogP contribution is -2.25. The smallest absolute Gasteiger partial charge is 0.251 e. The molecule has 114 valence electrons. The van der Waals surface area contributed by atoms with E-state index >= 15 is 0 Å². The fourth-order valence-electron chi connectivity index (χ4n) is 2.62. The van der Waals surface area contributed by atoms with Crippen LogP contribution in [0.3, 0.4) is 0 Å². The first-order chi connectivity index (χ1) is 11.3. The van der Waals surface area contributed by atoms with Crippen molar-refractivity contribution < 1.29 is 4.79 Å². The second-order valence-corrected chi connectivity index (χ2v) is 5.88. The van der Waals surface area contributed by atoms with Gasteiger partial charge in [-0.25, -0.2) is 0 Å². The van der Waals surface area contributed by atoms with Crippen molar-refractivity contribution >= 4 is 5.91 Å². The van der Waals surface area contributed by atoms with Gasteiger partial charge in [-0.15, -0.1) is 0 Å². The molecule has 0 bridgehead atoms. The predicted molar refractivity (Wildman–Crippen MR) is 89.9 cm³/mol. The summed E-state index contributed by atoms with van der Waals surface area (Å²) in [7, 11) is 0. The second-order valence-electron chi connectivity index (χ2n) is 5.88. The summed E-state index contributed by atoms with van der Waals surface area (Å²) >= 11 is 0. The molecule has 1 fully saturated rings. The quantitative estimate of drug-likeness (QED) is 0.773. The van der Waals surface area contributed by atoms with Crippen LogP contribution >= 0.6 is 0 Å². The highest BCUT2D eigenvalue weighted by molar-refractivity contribution is 5.95. The number of hydrogen-bond acceptors (Lipinski definition) is 2. The van der Waals surface area contributed by atoms with Gasteiger partial charge in [0.25, 0.3) is 5.91 Å². The number of benzene rings is 2. The number of carbonyl (C=O) groups excluding carboxylic acids is 1. The number of carbonyl (C=O) groups is 1. The van der Waals surface area contributed by atoms with E-state index in [2.05, 4.69) is 27.6 Å². The monoisotopic (exact) mass is 303 g/mol. The van der Waals surface area contributed by atoms with E-state index in [1.54, 1.807) is 6.20 Å². The summed E-state index contributed by atoms with van der Waals surface area (Å²) in [5.41, 5.74) is 4.89. The fourth-order valence-corrected chi connectivity index (χ4v) is 2.62. The Hall–Kier alpha value is -2.88. The van der Waals surface area contributed by atoms with E-state index in [-0.39, 0.29) is 5.91 Å². The third-order valence-corrected chi connectivity index (χ3v) is 4.04. The molecule has 0 unspecified atom stereocenters. The van der Waals surface area contributed by atoms with E-state index in [9.17, 15) is 4.79 Å². The number of rotatable bonds is 4. The van der Waals surface area contributed by atoms with Crippen LogP contribution in [-0.4, -0.2) is 22.1 Å². The summed E-state index contributed by atoms with van der Waals surface area (Å²) in [5, 5.41) is 10.0. The van der Waals surface area contributed by atoms with Crippen molar-refractivity contribution in [1.82, 2.24) is 15.5 Å². The minimum Gasteiger partial charge on any atom is -0.349 e. The molecule has 1 aliphatic carbocycles. The summed E-state index contributed by atoms with van der Waals surface area (Å²) in [5.74, 6) is 0.0130. The molecule has 2 aromatic carbocycles. The molecule has 1 amide bonds. The van der Waals surface area contributed by atoms with Crippen molar-refractivity contribution in [2.75, 3.05) is 0 Å². The molecule has 0 radical (unpaired) electrons. The summed E-state index contributed by atoms with van der Waals surface area (Å²) < 4.78 is 0. The Morgan fingerprint density at radius 2 is 1.74 bits per heavy atom. The van der Waals surface area contributed by atoms with Gasteiger partial charge in [0.05, 0.1) is 5.69 Å². The summed E-state index contributed by atoms with van der Waals surface area (Å²) in [6.45, 7) is 0. The Bertz CT molecular complexity index is 835. The maximum atomic E-state index is 12.2. The van der Waals surface area contributed by atoms with E-state index in [0.717, 1.165) is 35.2 Å². The molecule has 3 aromatic rings. The SMILES string of the molecule is O=C(NC1CC1)c1cccc(-c2cccc(-c3ccn[nH]3)c2)c1. The molecule has 4 heteroatoms. The molecule has 1 saturated carbocycles. The Kier molecular flexibility index (Phi) is 3.42. The lowest BCUT2D eigenvalue weighted by Gasteiger charge is -2.08. The van der Waals surface area contributed by atoms with Crippen molar-refractivity contribution in [3.8, 4) is 22.4 Å². The van der Waals surface area contributed by atoms with E-state index in [1.807, 2.05) is 42.5 Å². The van der Waals surface area contributed by atoms with Crippen LogP contribution in [0.4, 0.5) is 0 Å². The predicted octanol–water partition coefficient (Wildman–Crippen LogP) is 3.64. The van der Waals surface area contributed by atoms with Crippen LogP contribution in [0.1, 0.15) is 23.2 Å². The van der Waals surface area contributed by atoms with Crippen LogP contribution < -0.4 is 5.32 Å². The van der Waals surface area contributed by atoms with Crippen LogP contribution in [0.25, 0.3) is 22.4 Å². The maximum absolute atomic E-state index is 12.2. The summed E-state index contributed by atoms with van der Waals surface area (Å²) in [4.78, 5) is 12.2. The minimum atomic E-state index is 0.0130. The molecule has 0 atom stereocenters. The first kappa shape index (κ1) is 13.8. The van der Waals surface area contributed by atoms with Crippen molar-refractivity contribution in [3.63, 3.8) is 0 Å². The van der Waals surface area contributed by atoms with Crippen LogP contribution in [-0.2, 0) is 0 Å². The third kappa shape index (κ3) is 3.01. The lowest BCUT2D eigenvalue weighted by atomic mass is 10.00. The Morgan fingerprint density at radius 1 is 1.00 bits per heavy atom. The van der Waals surface area contributed by atoms with Crippen molar-refractivity contribution in [2.24, 2.45) is 0 Å². The van der Waals surface area contributed by atoms with Crippen LogP contribution in [0.5, 0.6) is 0 Å². The average molecular weight is 303 g/mol. The number of aromatic amines is 1. The zero-order valence-electron chi connectivity index (χ0n) is 12.6. The second kappa shape index (κ2) is 5.72. The highest BCUT2D eigenvalue weighted by Gasteiger charge is 2.23. The van der Waals surface area contributed by atoms with Gasteiger partial charge in [-0.2, -0.15) is 5.10 Å². The molecular formula is C19H17N3O. The molecular weight excluding hydrogens is 286 g/mol. The van der Waals surface area contributed by atoms with Gasteiger partial charge < -0.3 is 5.32 Å². The van der Waals surface area contributed by atoms with Crippen LogP contribution in [0.15, 0.2) is 60.8 Å². The van der Waals surface area contributed by atoms with Gasteiger partial charge in [-0.1, -0.05) is 30.3 Å². The number of H-pyrrole nitrogens is 1. The van der Waals surface area contributed by atoms with Crippen molar-refractivity contribution in [3.05, 3.63) is 66.4 Å². The molecule has 0 aliphatic heterocycles. The fraction of sp³-hybridized carbons (Fsp3) is 0.158. The normalized spacial score (nSPS) is 13.7. The number of nitrogens with one attached hydrogen (secondary N) is 2. The van der Waals surface area contributed by atoms with Gasteiger partial charge >= 0.3 is 0 Å². The molecule has 2 N–H and O–H groups in total. The Morgan fingerprint density at radius 3 is 2.48 bits per heavy atom. The highest BCUT2D eigenvalue weighted by atomic mass is 16.1. The Balaban J connectivity index is 1.65. The Labute approximate surface area is 134 Å². The molecule has 23 heavy (non-hydrogen) atoms. The minimum absolute atomic E-state index is 0.0130. The van der Waals surface area contributed by atoms with Gasteiger partial charge in [-0.05, 0) is 48.2 Å².